The van der Waals surface area contributed by atoms with Gasteiger partial charge in [0.25, 0.3) is 0 Å². The Balaban J connectivity index is 2.36. The third kappa shape index (κ3) is 2.58. The van der Waals surface area contributed by atoms with Crippen LogP contribution in [0.3, 0.4) is 0 Å². The predicted octanol–water partition coefficient (Wildman–Crippen LogP) is 1.37. The summed E-state index contributed by atoms with van der Waals surface area (Å²) in [6.45, 7) is 5.81. The van der Waals surface area contributed by atoms with E-state index in [4.69, 9.17) is 0 Å². The van der Waals surface area contributed by atoms with Crippen LogP contribution in [0, 0.1) is 5.82 Å². The molecule has 1 saturated heterocycles. The molecule has 0 aromatic heterocycles. The summed E-state index contributed by atoms with van der Waals surface area (Å²) in [5, 5.41) is 13.0. The molecule has 3 nitrogen and oxygen atoms in total. The minimum Gasteiger partial charge on any atom is -0.390 e. The molecule has 4 heteroatoms. The normalized spacial score (nSPS) is 24.5. The van der Waals surface area contributed by atoms with Gasteiger partial charge >= 0.3 is 0 Å². The average molecular weight is 238 g/mol. The number of aliphatic hydroxyl groups is 1. The first-order chi connectivity index (χ1) is 8.00. The molecule has 1 aromatic carbocycles. The zero-order valence-electron chi connectivity index (χ0n) is 10.3. The molecule has 0 bridgehead atoms. The SMILES string of the molecule is CC1(C)CNCC(O)CN1c1ccccc1F. The molecule has 0 spiro atoms. The lowest BCUT2D eigenvalue weighted by molar-refractivity contribution is 0.183. The number of aliphatic hydroxyl groups excluding tert-OH is 1. The molecule has 94 valence electrons. The molecular formula is C13H19FN2O. The number of rotatable bonds is 1. The molecule has 1 fully saturated rings. The second kappa shape index (κ2) is 4.63. The highest BCUT2D eigenvalue weighted by atomic mass is 19.1. The van der Waals surface area contributed by atoms with Gasteiger partial charge in [-0.05, 0) is 26.0 Å². The van der Waals surface area contributed by atoms with Gasteiger partial charge in [-0.25, -0.2) is 4.39 Å². The maximum Gasteiger partial charge on any atom is 0.146 e. The zero-order valence-corrected chi connectivity index (χ0v) is 10.3. The molecular weight excluding hydrogens is 219 g/mol. The lowest BCUT2D eigenvalue weighted by Gasteiger charge is -2.39. The summed E-state index contributed by atoms with van der Waals surface area (Å²) in [6.07, 6.45) is -0.476. The van der Waals surface area contributed by atoms with Gasteiger partial charge in [-0.1, -0.05) is 12.1 Å². The molecule has 0 amide bonds. The second-order valence-corrected chi connectivity index (χ2v) is 5.16. The Kier molecular flexibility index (Phi) is 3.35. The van der Waals surface area contributed by atoms with E-state index in [2.05, 4.69) is 5.32 Å². The third-order valence-electron chi connectivity index (χ3n) is 3.20. The van der Waals surface area contributed by atoms with Crippen molar-refractivity contribution in [3.63, 3.8) is 0 Å². The average Bonchev–Trinajstić information content (AvgIpc) is 2.38. The Morgan fingerprint density at radius 1 is 1.41 bits per heavy atom. The van der Waals surface area contributed by atoms with Crippen molar-refractivity contribution >= 4 is 5.69 Å². The fourth-order valence-corrected chi connectivity index (χ4v) is 2.26. The van der Waals surface area contributed by atoms with Gasteiger partial charge in [-0.2, -0.15) is 0 Å². The number of nitrogens with zero attached hydrogens (tertiary/aromatic N) is 1. The summed E-state index contributed by atoms with van der Waals surface area (Å²) in [7, 11) is 0. The third-order valence-corrected chi connectivity index (χ3v) is 3.20. The molecule has 1 aliphatic heterocycles. The monoisotopic (exact) mass is 238 g/mol. The van der Waals surface area contributed by atoms with Crippen LogP contribution in [0.1, 0.15) is 13.8 Å². The number of para-hydroxylation sites is 1. The fraction of sp³-hybridized carbons (Fsp3) is 0.538. The number of halogens is 1. The summed E-state index contributed by atoms with van der Waals surface area (Å²) >= 11 is 0. The molecule has 0 radical (unpaired) electrons. The van der Waals surface area contributed by atoms with Crippen molar-refractivity contribution < 1.29 is 9.50 Å². The number of β-amino-alcohol motifs (C(OH)–C–C–N with tert-alkyl or cyclic N) is 1. The highest BCUT2D eigenvalue weighted by Crippen LogP contribution is 2.27. The van der Waals surface area contributed by atoms with E-state index in [-0.39, 0.29) is 11.4 Å². The number of nitrogens with one attached hydrogen (secondary N) is 1. The topological polar surface area (TPSA) is 35.5 Å². The van der Waals surface area contributed by atoms with E-state index in [1.165, 1.54) is 6.07 Å². The molecule has 1 atom stereocenters. The fourth-order valence-electron chi connectivity index (χ4n) is 2.26. The van der Waals surface area contributed by atoms with Gasteiger partial charge < -0.3 is 15.3 Å². The van der Waals surface area contributed by atoms with Gasteiger partial charge in [0.1, 0.15) is 5.82 Å². The quantitative estimate of drug-likeness (QED) is 0.776. The highest BCUT2D eigenvalue weighted by Gasteiger charge is 2.32. The van der Waals surface area contributed by atoms with Crippen molar-refractivity contribution in [2.75, 3.05) is 24.5 Å². The Hall–Kier alpha value is -1.13. The highest BCUT2D eigenvalue weighted by molar-refractivity contribution is 5.50. The van der Waals surface area contributed by atoms with E-state index in [9.17, 15) is 9.50 Å². The first kappa shape index (κ1) is 12.3. The van der Waals surface area contributed by atoms with Crippen LogP contribution < -0.4 is 10.2 Å². The Bertz CT molecular complexity index is 395. The lowest BCUT2D eigenvalue weighted by Crippen LogP contribution is -2.49. The van der Waals surface area contributed by atoms with Crippen LogP contribution in [0.15, 0.2) is 24.3 Å². The van der Waals surface area contributed by atoms with Crippen LogP contribution in [0.4, 0.5) is 10.1 Å². The lowest BCUT2D eigenvalue weighted by atomic mass is 10.0. The summed E-state index contributed by atoms with van der Waals surface area (Å²) in [4.78, 5) is 1.94. The van der Waals surface area contributed by atoms with Gasteiger partial charge in [-0.3, -0.25) is 0 Å². The summed E-state index contributed by atoms with van der Waals surface area (Å²) in [6, 6.07) is 6.71. The summed E-state index contributed by atoms with van der Waals surface area (Å²) < 4.78 is 13.8. The van der Waals surface area contributed by atoms with Crippen LogP contribution >= 0.6 is 0 Å². The van der Waals surface area contributed by atoms with E-state index >= 15 is 0 Å². The summed E-state index contributed by atoms with van der Waals surface area (Å²) in [5.74, 6) is -0.241. The largest absolute Gasteiger partial charge is 0.390 e. The predicted molar refractivity (Wildman–Crippen MR) is 66.7 cm³/mol. The maximum absolute atomic E-state index is 13.8. The summed E-state index contributed by atoms with van der Waals surface area (Å²) in [5.41, 5.74) is 0.333. The van der Waals surface area contributed by atoms with Crippen molar-refractivity contribution in [1.82, 2.24) is 5.32 Å². The van der Waals surface area contributed by atoms with E-state index in [0.717, 1.165) is 6.54 Å². The Morgan fingerprint density at radius 3 is 2.82 bits per heavy atom. The smallest absolute Gasteiger partial charge is 0.146 e. The molecule has 1 aliphatic rings. The van der Waals surface area contributed by atoms with Crippen LogP contribution in [0.2, 0.25) is 0 Å². The first-order valence-electron chi connectivity index (χ1n) is 5.92. The number of benzene rings is 1. The van der Waals surface area contributed by atoms with Crippen LogP contribution in [-0.4, -0.2) is 36.4 Å². The van der Waals surface area contributed by atoms with E-state index < -0.39 is 6.10 Å². The minimum absolute atomic E-state index is 0.223. The van der Waals surface area contributed by atoms with Gasteiger partial charge in [0.2, 0.25) is 0 Å². The van der Waals surface area contributed by atoms with Crippen molar-refractivity contribution in [3.05, 3.63) is 30.1 Å². The van der Waals surface area contributed by atoms with E-state index in [0.29, 0.717) is 18.8 Å². The van der Waals surface area contributed by atoms with E-state index in [1.54, 1.807) is 12.1 Å². The Morgan fingerprint density at radius 2 is 2.12 bits per heavy atom. The standard InChI is InChI=1S/C13H19FN2O/c1-13(2)9-15-7-10(17)8-16(13)12-6-4-3-5-11(12)14/h3-6,10,15,17H,7-9H2,1-2H3. The molecule has 1 aromatic rings. The maximum atomic E-state index is 13.8. The zero-order chi connectivity index (χ0) is 12.5. The van der Waals surface area contributed by atoms with Gasteiger partial charge in [0.15, 0.2) is 0 Å². The van der Waals surface area contributed by atoms with Crippen LogP contribution in [0.5, 0.6) is 0 Å². The number of anilines is 1. The second-order valence-electron chi connectivity index (χ2n) is 5.16. The van der Waals surface area contributed by atoms with E-state index in [1.807, 2.05) is 24.8 Å². The molecule has 17 heavy (non-hydrogen) atoms. The number of hydrogen-bond acceptors (Lipinski definition) is 3. The van der Waals surface area contributed by atoms with Crippen molar-refractivity contribution in [1.29, 1.82) is 0 Å². The van der Waals surface area contributed by atoms with Crippen LogP contribution in [0.25, 0.3) is 0 Å². The van der Waals surface area contributed by atoms with Gasteiger partial charge in [0, 0.05) is 25.2 Å². The first-order valence-corrected chi connectivity index (χ1v) is 5.92. The van der Waals surface area contributed by atoms with Crippen LogP contribution in [-0.2, 0) is 0 Å². The Labute approximate surface area is 101 Å². The van der Waals surface area contributed by atoms with Crippen molar-refractivity contribution in [2.45, 2.75) is 25.5 Å². The van der Waals surface area contributed by atoms with Crippen molar-refractivity contribution in [2.24, 2.45) is 0 Å². The molecule has 2 N–H and O–H groups in total. The molecule has 0 saturated carbocycles. The molecule has 0 aliphatic carbocycles. The molecule has 1 unspecified atom stereocenters. The molecule has 2 rings (SSSR count). The minimum atomic E-state index is -0.476. The number of hydrogen-bond donors (Lipinski definition) is 2. The van der Waals surface area contributed by atoms with Gasteiger partial charge in [0.05, 0.1) is 11.8 Å². The molecule has 1 heterocycles. The van der Waals surface area contributed by atoms with Crippen molar-refractivity contribution in [3.8, 4) is 0 Å². The van der Waals surface area contributed by atoms with Gasteiger partial charge in [-0.15, -0.1) is 0 Å².